The fourth-order valence-electron chi connectivity index (χ4n) is 3.61. The van der Waals surface area contributed by atoms with Crippen LogP contribution in [0.3, 0.4) is 0 Å². The second-order valence-electron chi connectivity index (χ2n) is 7.30. The first kappa shape index (κ1) is 19.9. The van der Waals surface area contributed by atoms with E-state index >= 15 is 0 Å². The maximum atomic E-state index is 12.5. The van der Waals surface area contributed by atoms with E-state index in [9.17, 15) is 9.59 Å². The van der Waals surface area contributed by atoms with Crippen LogP contribution >= 0.6 is 0 Å². The number of hydrogen-bond acceptors (Lipinski definition) is 3. The van der Waals surface area contributed by atoms with Crippen molar-refractivity contribution in [2.75, 3.05) is 17.2 Å². The van der Waals surface area contributed by atoms with Crippen molar-refractivity contribution < 1.29 is 14.3 Å². The van der Waals surface area contributed by atoms with Gasteiger partial charge < -0.3 is 15.4 Å². The lowest BCUT2D eigenvalue weighted by molar-refractivity contribution is -0.125. The molecule has 0 spiro atoms. The van der Waals surface area contributed by atoms with Crippen molar-refractivity contribution in [3.8, 4) is 5.75 Å². The Labute approximate surface area is 166 Å². The van der Waals surface area contributed by atoms with Gasteiger partial charge in [-0.05, 0) is 75.4 Å². The predicted octanol–water partition coefficient (Wildman–Crippen LogP) is 4.78. The van der Waals surface area contributed by atoms with E-state index in [1.165, 1.54) is 0 Å². The van der Waals surface area contributed by atoms with Gasteiger partial charge in [0.25, 0.3) is 0 Å². The highest BCUT2D eigenvalue weighted by molar-refractivity contribution is 5.94. The average Bonchev–Trinajstić information content (AvgIpc) is 2.71. The van der Waals surface area contributed by atoms with Crippen LogP contribution in [0.25, 0.3) is 0 Å². The van der Waals surface area contributed by atoms with Gasteiger partial charge in [0.05, 0.1) is 6.61 Å². The SMILES string of the molecule is CCOc1ccc(NC(=O)C2CCC(C(=O)Nc3ccccc3C)CC2)cc1. The summed E-state index contributed by atoms with van der Waals surface area (Å²) in [6.45, 7) is 4.54. The number of carbonyl (C=O) groups is 2. The van der Waals surface area contributed by atoms with Gasteiger partial charge in [-0.3, -0.25) is 9.59 Å². The first-order valence-electron chi connectivity index (χ1n) is 9.97. The van der Waals surface area contributed by atoms with E-state index in [1.807, 2.05) is 62.4 Å². The Morgan fingerprint density at radius 2 is 1.46 bits per heavy atom. The van der Waals surface area contributed by atoms with Crippen LogP contribution in [0, 0.1) is 18.8 Å². The number of benzene rings is 2. The van der Waals surface area contributed by atoms with Crippen molar-refractivity contribution in [3.63, 3.8) is 0 Å². The minimum atomic E-state index is -0.0471. The molecule has 0 atom stereocenters. The molecule has 1 aliphatic carbocycles. The van der Waals surface area contributed by atoms with Crippen molar-refractivity contribution in [2.45, 2.75) is 39.5 Å². The Morgan fingerprint density at radius 1 is 0.893 bits per heavy atom. The third kappa shape index (κ3) is 5.12. The Bertz CT molecular complexity index is 809. The van der Waals surface area contributed by atoms with Gasteiger partial charge in [0, 0.05) is 23.2 Å². The number of ether oxygens (including phenoxy) is 1. The average molecular weight is 380 g/mol. The van der Waals surface area contributed by atoms with Crippen LogP contribution in [0.15, 0.2) is 48.5 Å². The Hall–Kier alpha value is -2.82. The van der Waals surface area contributed by atoms with Crippen LogP contribution in [0.1, 0.15) is 38.2 Å². The highest BCUT2D eigenvalue weighted by atomic mass is 16.5. The van der Waals surface area contributed by atoms with E-state index in [4.69, 9.17) is 4.74 Å². The molecule has 0 heterocycles. The van der Waals surface area contributed by atoms with Crippen LogP contribution in [-0.4, -0.2) is 18.4 Å². The minimum absolute atomic E-state index is 0.0296. The molecule has 1 aliphatic rings. The fraction of sp³-hybridized carbons (Fsp3) is 0.391. The lowest BCUT2D eigenvalue weighted by Gasteiger charge is -2.27. The molecule has 2 amide bonds. The number of hydrogen-bond donors (Lipinski definition) is 2. The van der Waals surface area contributed by atoms with Gasteiger partial charge in [0.15, 0.2) is 0 Å². The third-order valence-corrected chi connectivity index (χ3v) is 5.30. The molecule has 0 aromatic heterocycles. The number of amides is 2. The zero-order chi connectivity index (χ0) is 19.9. The van der Waals surface area contributed by atoms with Crippen LogP contribution < -0.4 is 15.4 Å². The zero-order valence-electron chi connectivity index (χ0n) is 16.5. The standard InChI is InChI=1S/C23H28N2O3/c1-3-28-20-14-12-19(13-15-20)24-22(26)17-8-10-18(11-9-17)23(27)25-21-7-5-4-6-16(21)2/h4-7,12-15,17-18H,3,8-11H2,1-2H3,(H,24,26)(H,25,27). The van der Waals surface area contributed by atoms with E-state index in [0.717, 1.165) is 48.4 Å². The lowest BCUT2D eigenvalue weighted by Crippen LogP contribution is -2.32. The summed E-state index contributed by atoms with van der Waals surface area (Å²) < 4.78 is 5.42. The van der Waals surface area contributed by atoms with E-state index in [1.54, 1.807) is 0 Å². The summed E-state index contributed by atoms with van der Waals surface area (Å²) in [5.74, 6) is 0.797. The minimum Gasteiger partial charge on any atom is -0.494 e. The summed E-state index contributed by atoms with van der Waals surface area (Å²) in [7, 11) is 0. The Morgan fingerprint density at radius 3 is 2.04 bits per heavy atom. The van der Waals surface area contributed by atoms with Gasteiger partial charge in [-0.2, -0.15) is 0 Å². The van der Waals surface area contributed by atoms with Crippen molar-refractivity contribution in [3.05, 3.63) is 54.1 Å². The van der Waals surface area contributed by atoms with Gasteiger partial charge in [-0.1, -0.05) is 18.2 Å². The molecule has 28 heavy (non-hydrogen) atoms. The predicted molar refractivity (Wildman–Crippen MR) is 111 cm³/mol. The molecule has 5 nitrogen and oxygen atoms in total. The quantitative estimate of drug-likeness (QED) is 0.758. The fourth-order valence-corrected chi connectivity index (χ4v) is 3.61. The molecule has 0 bridgehead atoms. The van der Waals surface area contributed by atoms with Crippen molar-refractivity contribution in [1.29, 1.82) is 0 Å². The van der Waals surface area contributed by atoms with Crippen molar-refractivity contribution >= 4 is 23.2 Å². The largest absolute Gasteiger partial charge is 0.494 e. The molecule has 2 N–H and O–H groups in total. The lowest BCUT2D eigenvalue weighted by atomic mass is 9.81. The second kappa shape index (κ2) is 9.40. The molecule has 1 saturated carbocycles. The maximum absolute atomic E-state index is 12.5. The first-order chi connectivity index (χ1) is 13.6. The maximum Gasteiger partial charge on any atom is 0.227 e. The highest BCUT2D eigenvalue weighted by Gasteiger charge is 2.30. The van der Waals surface area contributed by atoms with E-state index < -0.39 is 0 Å². The summed E-state index contributed by atoms with van der Waals surface area (Å²) in [6, 6.07) is 15.2. The summed E-state index contributed by atoms with van der Waals surface area (Å²) in [6.07, 6.45) is 2.93. The van der Waals surface area contributed by atoms with Crippen molar-refractivity contribution in [2.24, 2.45) is 11.8 Å². The van der Waals surface area contributed by atoms with E-state index in [-0.39, 0.29) is 23.7 Å². The molecule has 3 rings (SSSR count). The number of nitrogens with one attached hydrogen (secondary N) is 2. The van der Waals surface area contributed by atoms with Crippen LogP contribution in [0.5, 0.6) is 5.75 Å². The summed E-state index contributed by atoms with van der Waals surface area (Å²) >= 11 is 0. The molecule has 1 fully saturated rings. The van der Waals surface area contributed by atoms with Crippen LogP contribution in [-0.2, 0) is 9.59 Å². The number of para-hydroxylation sites is 1. The molecule has 0 unspecified atom stereocenters. The topological polar surface area (TPSA) is 67.4 Å². The summed E-state index contributed by atoms with van der Waals surface area (Å²) in [5.41, 5.74) is 2.69. The molecule has 0 aliphatic heterocycles. The Kier molecular flexibility index (Phi) is 6.69. The molecule has 5 heteroatoms. The number of rotatable bonds is 6. The van der Waals surface area contributed by atoms with Crippen LogP contribution in [0.4, 0.5) is 11.4 Å². The van der Waals surface area contributed by atoms with E-state index in [0.29, 0.717) is 6.61 Å². The van der Waals surface area contributed by atoms with Crippen molar-refractivity contribution in [1.82, 2.24) is 0 Å². The molecule has 2 aromatic carbocycles. The van der Waals surface area contributed by atoms with Gasteiger partial charge in [0.1, 0.15) is 5.75 Å². The zero-order valence-corrected chi connectivity index (χ0v) is 16.5. The highest BCUT2D eigenvalue weighted by Crippen LogP contribution is 2.31. The molecule has 0 saturated heterocycles. The molecular weight excluding hydrogens is 352 g/mol. The normalized spacial score (nSPS) is 18.9. The Balaban J connectivity index is 1.48. The molecular formula is C23H28N2O3. The van der Waals surface area contributed by atoms with Gasteiger partial charge in [-0.25, -0.2) is 0 Å². The smallest absolute Gasteiger partial charge is 0.227 e. The second-order valence-corrected chi connectivity index (χ2v) is 7.30. The van der Waals surface area contributed by atoms with E-state index in [2.05, 4.69) is 10.6 Å². The van der Waals surface area contributed by atoms with Crippen LogP contribution in [0.2, 0.25) is 0 Å². The molecule has 0 radical (unpaired) electrons. The third-order valence-electron chi connectivity index (χ3n) is 5.30. The van der Waals surface area contributed by atoms with Gasteiger partial charge >= 0.3 is 0 Å². The molecule has 148 valence electrons. The summed E-state index contributed by atoms with van der Waals surface area (Å²) in [5, 5.41) is 6.01. The molecule has 2 aromatic rings. The number of anilines is 2. The van der Waals surface area contributed by atoms with Gasteiger partial charge in [-0.15, -0.1) is 0 Å². The monoisotopic (exact) mass is 380 g/mol. The number of aryl methyl sites for hydroxylation is 1. The first-order valence-corrected chi connectivity index (χ1v) is 9.97. The summed E-state index contributed by atoms with van der Waals surface area (Å²) in [4.78, 5) is 25.1. The van der Waals surface area contributed by atoms with Gasteiger partial charge in [0.2, 0.25) is 11.8 Å². The number of carbonyl (C=O) groups excluding carboxylic acids is 2.